The minimum atomic E-state index is 0.0120. The van der Waals surface area contributed by atoms with E-state index in [1.165, 1.54) is 11.3 Å². The van der Waals surface area contributed by atoms with Crippen molar-refractivity contribution in [3.8, 4) is 11.3 Å². The van der Waals surface area contributed by atoms with Crippen LogP contribution >= 0.6 is 11.3 Å². The molecule has 0 saturated carbocycles. The molecule has 2 aromatic rings. The Hall–Kier alpha value is -1.62. The number of anilines is 1. The molecule has 0 aliphatic rings. The van der Waals surface area contributed by atoms with Crippen LogP contribution in [0.25, 0.3) is 11.3 Å². The fourth-order valence-corrected chi connectivity index (χ4v) is 2.16. The zero-order valence-corrected chi connectivity index (χ0v) is 10.0. The number of hydrogen-bond acceptors (Lipinski definition) is 4. The lowest BCUT2D eigenvalue weighted by Crippen LogP contribution is -2.19. The fourth-order valence-electron chi connectivity index (χ4n) is 1.49. The first-order valence-corrected chi connectivity index (χ1v) is 5.97. The van der Waals surface area contributed by atoms with E-state index < -0.39 is 0 Å². The van der Waals surface area contributed by atoms with E-state index in [0.29, 0.717) is 12.1 Å². The molecule has 4 nitrogen and oxygen atoms in total. The number of aromatic nitrogens is 2. The SMILES string of the molecule is CCn1cccc(-c2csc(NC)n2)c1=O. The van der Waals surface area contributed by atoms with Gasteiger partial charge in [-0.1, -0.05) is 0 Å². The van der Waals surface area contributed by atoms with E-state index in [1.54, 1.807) is 10.8 Å². The Bertz CT molecular complexity index is 544. The molecule has 2 rings (SSSR count). The normalized spacial score (nSPS) is 10.4. The standard InChI is InChI=1S/C11H13N3OS/c1-3-14-6-4-5-8(10(14)15)9-7-16-11(12-2)13-9/h4-7H,3H2,1-2H3,(H,12,13). The second-order valence-corrected chi connectivity index (χ2v) is 4.16. The van der Waals surface area contributed by atoms with Crippen LogP contribution < -0.4 is 10.9 Å². The summed E-state index contributed by atoms with van der Waals surface area (Å²) in [5.41, 5.74) is 1.40. The maximum Gasteiger partial charge on any atom is 0.260 e. The topological polar surface area (TPSA) is 46.9 Å². The molecule has 0 atom stereocenters. The highest BCUT2D eigenvalue weighted by atomic mass is 32.1. The van der Waals surface area contributed by atoms with Gasteiger partial charge >= 0.3 is 0 Å². The minimum Gasteiger partial charge on any atom is -0.365 e. The van der Waals surface area contributed by atoms with Gasteiger partial charge in [-0.15, -0.1) is 11.3 Å². The molecule has 16 heavy (non-hydrogen) atoms. The lowest BCUT2D eigenvalue weighted by molar-refractivity contribution is 0.728. The van der Waals surface area contributed by atoms with Gasteiger partial charge in [-0.05, 0) is 19.1 Å². The molecular weight excluding hydrogens is 222 g/mol. The van der Waals surface area contributed by atoms with Gasteiger partial charge in [0.1, 0.15) is 0 Å². The van der Waals surface area contributed by atoms with Crippen molar-refractivity contribution in [2.75, 3.05) is 12.4 Å². The molecule has 0 radical (unpaired) electrons. The van der Waals surface area contributed by atoms with E-state index in [0.717, 1.165) is 10.8 Å². The van der Waals surface area contributed by atoms with E-state index in [2.05, 4.69) is 10.3 Å². The lowest BCUT2D eigenvalue weighted by Gasteiger charge is -2.02. The maximum absolute atomic E-state index is 12.0. The second-order valence-electron chi connectivity index (χ2n) is 3.30. The third kappa shape index (κ3) is 1.86. The lowest BCUT2D eigenvalue weighted by atomic mass is 10.2. The molecule has 2 aromatic heterocycles. The van der Waals surface area contributed by atoms with Gasteiger partial charge in [0.2, 0.25) is 0 Å². The number of hydrogen-bond donors (Lipinski definition) is 1. The second kappa shape index (κ2) is 4.49. The van der Waals surface area contributed by atoms with Crippen LogP contribution in [0.4, 0.5) is 5.13 Å². The molecule has 2 heterocycles. The summed E-state index contributed by atoms with van der Waals surface area (Å²) in [6.45, 7) is 2.63. The predicted molar refractivity (Wildman–Crippen MR) is 67.0 cm³/mol. The molecule has 0 aliphatic carbocycles. The Balaban J connectivity index is 2.51. The highest BCUT2D eigenvalue weighted by Gasteiger charge is 2.08. The van der Waals surface area contributed by atoms with Crippen LogP contribution in [0, 0.1) is 0 Å². The molecule has 0 aliphatic heterocycles. The molecular formula is C11H13N3OS. The third-order valence-electron chi connectivity index (χ3n) is 2.35. The van der Waals surface area contributed by atoms with Gasteiger partial charge in [0.25, 0.3) is 5.56 Å². The van der Waals surface area contributed by atoms with Crippen LogP contribution in [0.2, 0.25) is 0 Å². The van der Waals surface area contributed by atoms with Crippen LogP contribution in [0.15, 0.2) is 28.5 Å². The van der Waals surface area contributed by atoms with Gasteiger partial charge in [-0.2, -0.15) is 0 Å². The number of nitrogens with zero attached hydrogens (tertiary/aromatic N) is 2. The number of thiazole rings is 1. The van der Waals surface area contributed by atoms with Crippen molar-refractivity contribution in [1.29, 1.82) is 0 Å². The zero-order chi connectivity index (χ0) is 11.5. The summed E-state index contributed by atoms with van der Waals surface area (Å²) in [6, 6.07) is 3.68. The highest BCUT2D eigenvalue weighted by molar-refractivity contribution is 7.14. The highest BCUT2D eigenvalue weighted by Crippen LogP contribution is 2.21. The molecule has 0 fully saturated rings. The van der Waals surface area contributed by atoms with E-state index in [4.69, 9.17) is 0 Å². The van der Waals surface area contributed by atoms with E-state index in [1.807, 2.05) is 31.5 Å². The molecule has 1 N–H and O–H groups in total. The van der Waals surface area contributed by atoms with E-state index in [9.17, 15) is 4.79 Å². The molecule has 0 bridgehead atoms. The first-order valence-electron chi connectivity index (χ1n) is 5.09. The predicted octanol–water partition coefficient (Wildman–Crippen LogP) is 2.03. The van der Waals surface area contributed by atoms with Crippen molar-refractivity contribution in [3.05, 3.63) is 34.1 Å². The fraction of sp³-hybridized carbons (Fsp3) is 0.273. The van der Waals surface area contributed by atoms with Crippen LogP contribution in [0.3, 0.4) is 0 Å². The monoisotopic (exact) mass is 235 g/mol. The summed E-state index contributed by atoms with van der Waals surface area (Å²) < 4.78 is 1.67. The molecule has 0 unspecified atom stereocenters. The van der Waals surface area contributed by atoms with Gasteiger partial charge in [-0.25, -0.2) is 4.98 Å². The van der Waals surface area contributed by atoms with Crippen molar-refractivity contribution in [2.45, 2.75) is 13.5 Å². The molecule has 5 heteroatoms. The van der Waals surface area contributed by atoms with Crippen molar-refractivity contribution in [2.24, 2.45) is 0 Å². The Morgan fingerprint density at radius 2 is 2.38 bits per heavy atom. The first kappa shape index (κ1) is 10.9. The zero-order valence-electron chi connectivity index (χ0n) is 9.23. The Morgan fingerprint density at radius 1 is 1.56 bits per heavy atom. The molecule has 0 amide bonds. The summed E-state index contributed by atoms with van der Waals surface area (Å²) in [5.74, 6) is 0. The first-order chi connectivity index (χ1) is 7.76. The van der Waals surface area contributed by atoms with Gasteiger partial charge in [-0.3, -0.25) is 4.79 Å². The summed E-state index contributed by atoms with van der Waals surface area (Å²) in [7, 11) is 1.82. The molecule has 0 saturated heterocycles. The van der Waals surface area contributed by atoms with Gasteiger partial charge < -0.3 is 9.88 Å². The Kier molecular flexibility index (Phi) is 3.05. The summed E-state index contributed by atoms with van der Waals surface area (Å²) >= 11 is 1.50. The molecule has 0 spiro atoms. The number of aryl methyl sites for hydroxylation is 1. The quantitative estimate of drug-likeness (QED) is 0.885. The smallest absolute Gasteiger partial charge is 0.260 e. The van der Waals surface area contributed by atoms with Gasteiger partial charge in [0, 0.05) is 25.2 Å². The van der Waals surface area contributed by atoms with E-state index in [-0.39, 0.29) is 5.56 Å². The Labute approximate surface area is 97.6 Å². The number of nitrogens with one attached hydrogen (secondary N) is 1. The molecule has 0 aromatic carbocycles. The van der Waals surface area contributed by atoms with Crippen LogP contribution in [-0.2, 0) is 6.54 Å². The summed E-state index contributed by atoms with van der Waals surface area (Å²) in [5, 5.41) is 5.68. The number of pyridine rings is 1. The van der Waals surface area contributed by atoms with Crippen molar-refractivity contribution in [3.63, 3.8) is 0 Å². The molecule has 84 valence electrons. The van der Waals surface area contributed by atoms with Crippen molar-refractivity contribution < 1.29 is 0 Å². The minimum absolute atomic E-state index is 0.0120. The van der Waals surface area contributed by atoms with E-state index >= 15 is 0 Å². The van der Waals surface area contributed by atoms with Crippen molar-refractivity contribution >= 4 is 16.5 Å². The van der Waals surface area contributed by atoms with Crippen LogP contribution in [0.1, 0.15) is 6.92 Å². The van der Waals surface area contributed by atoms with Gasteiger partial charge in [0.05, 0.1) is 11.3 Å². The number of rotatable bonds is 3. The summed E-state index contributed by atoms with van der Waals surface area (Å²) in [6.07, 6.45) is 1.79. The largest absolute Gasteiger partial charge is 0.365 e. The van der Waals surface area contributed by atoms with Crippen LogP contribution in [0.5, 0.6) is 0 Å². The van der Waals surface area contributed by atoms with Crippen LogP contribution in [-0.4, -0.2) is 16.6 Å². The average molecular weight is 235 g/mol. The summed E-state index contributed by atoms with van der Waals surface area (Å²) in [4.78, 5) is 16.3. The van der Waals surface area contributed by atoms with Crippen molar-refractivity contribution in [1.82, 2.24) is 9.55 Å². The maximum atomic E-state index is 12.0. The Morgan fingerprint density at radius 3 is 3.00 bits per heavy atom. The average Bonchev–Trinajstić information content (AvgIpc) is 2.78. The third-order valence-corrected chi connectivity index (χ3v) is 3.21. The van der Waals surface area contributed by atoms with Gasteiger partial charge in [0.15, 0.2) is 5.13 Å².